The van der Waals surface area contributed by atoms with Crippen LogP contribution in [0.15, 0.2) is 41.6 Å². The van der Waals surface area contributed by atoms with Gasteiger partial charge in [-0.15, -0.1) is 0 Å². The van der Waals surface area contributed by atoms with Crippen LogP contribution >= 0.6 is 0 Å². The zero-order valence-corrected chi connectivity index (χ0v) is 14.2. The molecule has 0 heterocycles. The molecule has 2 aromatic carbocycles. The van der Waals surface area contributed by atoms with Gasteiger partial charge in [0.2, 0.25) is 0 Å². The number of hydrogen-bond acceptors (Lipinski definition) is 4. The summed E-state index contributed by atoms with van der Waals surface area (Å²) >= 11 is 0. The summed E-state index contributed by atoms with van der Waals surface area (Å²) in [6.07, 6.45) is 0. The Morgan fingerprint density at radius 3 is 2.33 bits per heavy atom. The Hall–Kier alpha value is -2.93. The van der Waals surface area contributed by atoms with E-state index in [2.05, 4.69) is 37.2 Å². The molecule has 1 aliphatic rings. The van der Waals surface area contributed by atoms with Crippen LogP contribution < -0.4 is 0 Å². The molecule has 24 heavy (non-hydrogen) atoms. The minimum Gasteiger partial charge on any atom is -0.318 e. The Labute approximate surface area is 141 Å². The summed E-state index contributed by atoms with van der Waals surface area (Å²) in [4.78, 5) is 15.7. The summed E-state index contributed by atoms with van der Waals surface area (Å²) in [5.74, 6) is -0.438. The molecule has 1 aliphatic carbocycles. The lowest BCUT2D eigenvalue weighted by Crippen LogP contribution is -2.16. The largest absolute Gasteiger partial charge is 0.331 e. The molecule has 0 atom stereocenters. The molecular weight excluding hydrogens is 300 g/mol. The van der Waals surface area contributed by atoms with E-state index < -0.39 is 5.97 Å². The highest BCUT2D eigenvalue weighted by Gasteiger charge is 2.35. The van der Waals surface area contributed by atoms with Gasteiger partial charge in [-0.05, 0) is 52.9 Å². The van der Waals surface area contributed by atoms with E-state index in [4.69, 9.17) is 10.1 Å². The van der Waals surface area contributed by atoms with Crippen molar-refractivity contribution in [3.05, 3.63) is 58.7 Å². The predicted molar refractivity (Wildman–Crippen MR) is 92.7 cm³/mol. The SMILES string of the molecule is CC(=O)O/N=C(\C)c1ccc2c(c1)C(C)(C)c1cc(C#N)ccc1-2. The van der Waals surface area contributed by atoms with Crippen molar-refractivity contribution in [3.8, 4) is 17.2 Å². The van der Waals surface area contributed by atoms with Crippen LogP contribution in [0.4, 0.5) is 0 Å². The van der Waals surface area contributed by atoms with Gasteiger partial charge in [-0.2, -0.15) is 5.26 Å². The topological polar surface area (TPSA) is 62.4 Å². The molecule has 0 spiro atoms. The number of nitriles is 1. The maximum Gasteiger partial charge on any atom is 0.331 e. The molecule has 0 aromatic heterocycles. The fraction of sp³-hybridized carbons (Fsp3) is 0.250. The molecule has 0 bridgehead atoms. The molecule has 0 radical (unpaired) electrons. The van der Waals surface area contributed by atoms with Gasteiger partial charge in [-0.25, -0.2) is 4.79 Å². The van der Waals surface area contributed by atoms with Crippen LogP contribution in [0.25, 0.3) is 11.1 Å². The molecule has 4 heteroatoms. The Kier molecular flexibility index (Phi) is 3.73. The molecule has 4 nitrogen and oxygen atoms in total. The average molecular weight is 318 g/mol. The fourth-order valence-corrected chi connectivity index (χ4v) is 3.22. The van der Waals surface area contributed by atoms with Gasteiger partial charge >= 0.3 is 5.97 Å². The Morgan fingerprint density at radius 2 is 1.71 bits per heavy atom. The highest BCUT2D eigenvalue weighted by atomic mass is 16.7. The normalized spacial score (nSPS) is 14.5. The number of carbonyl (C=O) groups is 1. The summed E-state index contributed by atoms with van der Waals surface area (Å²) in [5.41, 5.74) is 6.70. The second-order valence-electron chi connectivity index (χ2n) is 6.52. The minimum absolute atomic E-state index is 0.199. The molecule has 3 rings (SSSR count). The second-order valence-corrected chi connectivity index (χ2v) is 6.52. The third-order valence-corrected chi connectivity index (χ3v) is 4.53. The Bertz CT molecular complexity index is 918. The number of benzene rings is 2. The van der Waals surface area contributed by atoms with Crippen molar-refractivity contribution in [2.75, 3.05) is 0 Å². The summed E-state index contributed by atoms with van der Waals surface area (Å²) in [6.45, 7) is 7.45. The summed E-state index contributed by atoms with van der Waals surface area (Å²) in [7, 11) is 0. The van der Waals surface area contributed by atoms with E-state index in [1.54, 1.807) is 0 Å². The van der Waals surface area contributed by atoms with Crippen molar-refractivity contribution in [2.24, 2.45) is 5.16 Å². The highest BCUT2D eigenvalue weighted by Crippen LogP contribution is 2.49. The third-order valence-electron chi connectivity index (χ3n) is 4.53. The number of hydrogen-bond donors (Lipinski definition) is 0. The zero-order chi connectivity index (χ0) is 17.5. The number of oxime groups is 1. The lowest BCUT2D eigenvalue weighted by molar-refractivity contribution is -0.140. The first-order valence-corrected chi connectivity index (χ1v) is 7.76. The quantitative estimate of drug-likeness (QED) is 0.474. The maximum atomic E-state index is 10.9. The highest BCUT2D eigenvalue weighted by molar-refractivity contribution is 6.00. The molecule has 0 unspecified atom stereocenters. The van der Waals surface area contributed by atoms with E-state index in [0.717, 1.165) is 16.7 Å². The maximum absolute atomic E-state index is 10.9. The molecule has 2 aromatic rings. The average Bonchev–Trinajstić information content (AvgIpc) is 2.79. The lowest BCUT2D eigenvalue weighted by Gasteiger charge is -2.22. The number of rotatable bonds is 2. The minimum atomic E-state index is -0.438. The van der Waals surface area contributed by atoms with E-state index in [9.17, 15) is 4.79 Å². The molecule has 0 aliphatic heterocycles. The van der Waals surface area contributed by atoms with Gasteiger partial charge in [0.05, 0.1) is 17.3 Å². The van der Waals surface area contributed by atoms with E-state index >= 15 is 0 Å². The van der Waals surface area contributed by atoms with Crippen LogP contribution in [0, 0.1) is 11.3 Å². The number of fused-ring (bicyclic) bond motifs is 3. The fourth-order valence-electron chi connectivity index (χ4n) is 3.22. The number of nitrogens with zero attached hydrogens (tertiary/aromatic N) is 2. The van der Waals surface area contributed by atoms with Crippen LogP contribution in [0.1, 0.15) is 49.9 Å². The monoisotopic (exact) mass is 318 g/mol. The molecular formula is C20H18N2O2. The van der Waals surface area contributed by atoms with Crippen molar-refractivity contribution >= 4 is 11.7 Å². The van der Waals surface area contributed by atoms with Crippen LogP contribution in [0.2, 0.25) is 0 Å². The second kappa shape index (κ2) is 5.61. The molecule has 0 saturated carbocycles. The Balaban J connectivity index is 2.10. The molecule has 0 amide bonds. The Morgan fingerprint density at radius 1 is 1.08 bits per heavy atom. The third kappa shape index (κ3) is 2.48. The molecule has 0 fully saturated rings. The van der Waals surface area contributed by atoms with Crippen molar-refractivity contribution in [3.63, 3.8) is 0 Å². The van der Waals surface area contributed by atoms with Gasteiger partial charge in [0.15, 0.2) is 0 Å². The van der Waals surface area contributed by atoms with Crippen molar-refractivity contribution < 1.29 is 9.63 Å². The van der Waals surface area contributed by atoms with Gasteiger partial charge in [0.25, 0.3) is 0 Å². The van der Waals surface area contributed by atoms with Crippen LogP contribution in [-0.2, 0) is 15.0 Å². The first-order valence-electron chi connectivity index (χ1n) is 7.76. The van der Waals surface area contributed by atoms with E-state index in [1.807, 2.05) is 31.2 Å². The first kappa shape index (κ1) is 15.9. The van der Waals surface area contributed by atoms with Gasteiger partial charge in [0, 0.05) is 12.3 Å². The lowest BCUT2D eigenvalue weighted by atomic mass is 9.81. The summed E-state index contributed by atoms with van der Waals surface area (Å²) in [6, 6.07) is 14.2. The van der Waals surface area contributed by atoms with Crippen molar-refractivity contribution in [2.45, 2.75) is 33.1 Å². The standard InChI is InChI=1S/C20H18N2O2/c1-12(22-24-13(2)23)15-6-8-17-16-7-5-14(11-21)9-18(16)20(3,4)19(17)10-15/h5-10H,1-4H3/b22-12+. The smallest absolute Gasteiger partial charge is 0.318 e. The van der Waals surface area contributed by atoms with Gasteiger partial charge in [-0.3, -0.25) is 0 Å². The molecule has 0 N–H and O–H groups in total. The van der Waals surface area contributed by atoms with Gasteiger partial charge < -0.3 is 4.84 Å². The van der Waals surface area contributed by atoms with E-state index in [-0.39, 0.29) is 5.41 Å². The number of carbonyl (C=O) groups excluding carboxylic acids is 1. The summed E-state index contributed by atoms with van der Waals surface area (Å²) in [5, 5.41) is 13.0. The van der Waals surface area contributed by atoms with Crippen LogP contribution in [-0.4, -0.2) is 11.7 Å². The zero-order valence-electron chi connectivity index (χ0n) is 14.2. The van der Waals surface area contributed by atoms with Crippen molar-refractivity contribution in [1.82, 2.24) is 0 Å². The van der Waals surface area contributed by atoms with Gasteiger partial charge in [0.1, 0.15) is 0 Å². The first-order chi connectivity index (χ1) is 11.3. The van der Waals surface area contributed by atoms with Crippen LogP contribution in [0.3, 0.4) is 0 Å². The molecule has 0 saturated heterocycles. The van der Waals surface area contributed by atoms with Crippen molar-refractivity contribution in [1.29, 1.82) is 5.26 Å². The summed E-state index contributed by atoms with van der Waals surface area (Å²) < 4.78 is 0. The van der Waals surface area contributed by atoms with Gasteiger partial charge in [-0.1, -0.05) is 37.2 Å². The van der Waals surface area contributed by atoms with E-state index in [0.29, 0.717) is 11.3 Å². The molecule has 120 valence electrons. The predicted octanol–water partition coefficient (Wildman–Crippen LogP) is 4.15. The van der Waals surface area contributed by atoms with E-state index in [1.165, 1.54) is 18.1 Å². The van der Waals surface area contributed by atoms with Crippen LogP contribution in [0.5, 0.6) is 0 Å².